The Balaban J connectivity index is 0.00000196. The van der Waals surface area contributed by atoms with Crippen molar-refractivity contribution in [3.8, 4) is 5.75 Å². The third-order valence-corrected chi connectivity index (χ3v) is 1.93. The Kier molecular flexibility index (Phi) is 6.54. The van der Waals surface area contributed by atoms with Crippen molar-refractivity contribution in [2.24, 2.45) is 5.73 Å². The lowest BCUT2D eigenvalue weighted by atomic mass is 10.2. The molecule has 4 heteroatoms. The first-order valence-corrected chi connectivity index (χ1v) is 4.82. The van der Waals surface area contributed by atoms with Gasteiger partial charge in [-0.15, -0.1) is 12.4 Å². The van der Waals surface area contributed by atoms with Gasteiger partial charge in [-0.05, 0) is 18.6 Å². The molecule has 0 spiro atoms. The molecule has 0 radical (unpaired) electrons. The first-order valence-electron chi connectivity index (χ1n) is 4.82. The number of benzene rings is 1. The van der Waals surface area contributed by atoms with Gasteiger partial charge < -0.3 is 10.5 Å². The van der Waals surface area contributed by atoms with E-state index >= 15 is 0 Å². The van der Waals surface area contributed by atoms with E-state index in [1.807, 2.05) is 18.2 Å². The van der Waals surface area contributed by atoms with Gasteiger partial charge in [-0.2, -0.15) is 0 Å². The van der Waals surface area contributed by atoms with E-state index in [1.165, 1.54) is 0 Å². The molecule has 3 N–H and O–H groups in total. The first kappa shape index (κ1) is 13.8. The molecule has 3 nitrogen and oxygen atoms in total. The van der Waals surface area contributed by atoms with Crippen LogP contribution in [0.4, 0.5) is 0 Å². The molecule has 0 fully saturated rings. The van der Waals surface area contributed by atoms with Crippen LogP contribution in [0.5, 0.6) is 5.75 Å². The van der Waals surface area contributed by atoms with Crippen LogP contribution in [0.2, 0.25) is 0 Å². The maximum atomic E-state index is 7.35. The van der Waals surface area contributed by atoms with Crippen molar-refractivity contribution in [1.82, 2.24) is 0 Å². The lowest BCUT2D eigenvalue weighted by molar-refractivity contribution is 0.309. The van der Waals surface area contributed by atoms with Gasteiger partial charge in [0.25, 0.3) is 0 Å². The van der Waals surface area contributed by atoms with E-state index in [4.69, 9.17) is 15.9 Å². The number of ether oxygens (including phenoxy) is 1. The molecule has 0 aliphatic rings. The van der Waals surface area contributed by atoms with Gasteiger partial charge in [0, 0.05) is 0 Å². The summed E-state index contributed by atoms with van der Waals surface area (Å²) in [7, 11) is 0. The smallest absolute Gasteiger partial charge is 0.130 e. The summed E-state index contributed by atoms with van der Waals surface area (Å²) in [5.41, 5.74) is 6.09. The highest BCUT2D eigenvalue weighted by atomic mass is 35.5. The Morgan fingerprint density at radius 3 is 2.67 bits per heavy atom. The summed E-state index contributed by atoms with van der Waals surface area (Å²) in [6.07, 6.45) is 2.12. The Morgan fingerprint density at radius 2 is 2.07 bits per heavy atom. The van der Waals surface area contributed by atoms with Crippen LogP contribution in [0.1, 0.15) is 25.3 Å². The van der Waals surface area contributed by atoms with Gasteiger partial charge in [0.05, 0.1) is 12.2 Å². The summed E-state index contributed by atoms with van der Waals surface area (Å²) in [5, 5.41) is 7.35. The number of nitrogens with one attached hydrogen (secondary N) is 1. The number of nitrogens with two attached hydrogens (primary N) is 1. The molecular formula is C11H17ClN2O. The summed E-state index contributed by atoms with van der Waals surface area (Å²) >= 11 is 0. The molecule has 0 saturated carbocycles. The predicted octanol–water partition coefficient (Wildman–Crippen LogP) is 2.57. The third kappa shape index (κ3) is 4.21. The van der Waals surface area contributed by atoms with E-state index in [1.54, 1.807) is 6.07 Å². The monoisotopic (exact) mass is 228 g/mol. The van der Waals surface area contributed by atoms with Crippen LogP contribution in [0.15, 0.2) is 24.3 Å². The van der Waals surface area contributed by atoms with Crippen molar-refractivity contribution in [1.29, 1.82) is 5.41 Å². The number of nitrogen functional groups attached to an aromatic ring is 1. The maximum absolute atomic E-state index is 7.35. The fraction of sp³-hybridized carbons (Fsp3) is 0.364. The molecular weight excluding hydrogens is 212 g/mol. The van der Waals surface area contributed by atoms with Crippen molar-refractivity contribution in [3.63, 3.8) is 0 Å². The van der Waals surface area contributed by atoms with E-state index in [0.29, 0.717) is 17.9 Å². The van der Waals surface area contributed by atoms with Crippen LogP contribution >= 0.6 is 12.4 Å². The topological polar surface area (TPSA) is 59.1 Å². The van der Waals surface area contributed by atoms with Crippen LogP contribution in [0, 0.1) is 5.41 Å². The van der Waals surface area contributed by atoms with Crippen molar-refractivity contribution < 1.29 is 4.74 Å². The molecule has 1 aromatic carbocycles. The normalized spacial score (nSPS) is 9.13. The standard InChI is InChI=1S/C11H16N2O.ClH/c1-2-3-8-14-10-7-5-4-6-9(10)11(12)13;/h4-7H,2-3,8H2,1H3,(H3,12,13);1H. The Morgan fingerprint density at radius 1 is 1.40 bits per heavy atom. The first-order chi connectivity index (χ1) is 6.75. The zero-order valence-corrected chi connectivity index (χ0v) is 9.64. The molecule has 0 aromatic heterocycles. The molecule has 0 aliphatic heterocycles. The van der Waals surface area contributed by atoms with Gasteiger partial charge in [-0.25, -0.2) is 0 Å². The van der Waals surface area contributed by atoms with Crippen LogP contribution in [-0.4, -0.2) is 12.4 Å². The lowest BCUT2D eigenvalue weighted by Crippen LogP contribution is -2.13. The molecule has 0 aliphatic carbocycles. The van der Waals surface area contributed by atoms with Gasteiger partial charge in [0.2, 0.25) is 0 Å². The molecule has 1 rings (SSSR count). The largest absolute Gasteiger partial charge is 0.493 e. The number of unbranched alkanes of at least 4 members (excludes halogenated alkanes) is 1. The van der Waals surface area contributed by atoms with E-state index in [0.717, 1.165) is 12.8 Å². The zero-order valence-electron chi connectivity index (χ0n) is 8.82. The molecule has 0 heterocycles. The quantitative estimate of drug-likeness (QED) is 0.462. The molecule has 0 amide bonds. The average molecular weight is 229 g/mol. The second-order valence-corrected chi connectivity index (χ2v) is 3.11. The second kappa shape index (κ2) is 7.12. The summed E-state index contributed by atoms with van der Waals surface area (Å²) in [6.45, 7) is 2.79. The van der Waals surface area contributed by atoms with Gasteiger partial charge in [0.1, 0.15) is 11.6 Å². The van der Waals surface area contributed by atoms with Crippen molar-refractivity contribution in [2.45, 2.75) is 19.8 Å². The second-order valence-electron chi connectivity index (χ2n) is 3.11. The molecule has 1 aromatic rings. The number of hydrogen-bond acceptors (Lipinski definition) is 2. The van der Waals surface area contributed by atoms with Gasteiger partial charge >= 0.3 is 0 Å². The fourth-order valence-corrected chi connectivity index (χ4v) is 1.14. The highest BCUT2D eigenvalue weighted by Gasteiger charge is 2.04. The van der Waals surface area contributed by atoms with Gasteiger partial charge in [-0.1, -0.05) is 25.5 Å². The predicted molar refractivity (Wildman–Crippen MR) is 65.1 cm³/mol. The molecule has 0 bridgehead atoms. The SMILES string of the molecule is CCCCOc1ccccc1C(=N)N.Cl. The van der Waals surface area contributed by atoms with E-state index < -0.39 is 0 Å². The third-order valence-electron chi connectivity index (χ3n) is 1.93. The van der Waals surface area contributed by atoms with Crippen LogP contribution in [-0.2, 0) is 0 Å². The summed E-state index contributed by atoms with van der Waals surface area (Å²) in [6, 6.07) is 7.37. The minimum Gasteiger partial charge on any atom is -0.493 e. The number of amidine groups is 1. The Bertz CT molecular complexity index is 315. The fourth-order valence-electron chi connectivity index (χ4n) is 1.14. The van der Waals surface area contributed by atoms with Crippen molar-refractivity contribution in [2.75, 3.05) is 6.61 Å². The van der Waals surface area contributed by atoms with Crippen LogP contribution in [0.3, 0.4) is 0 Å². The molecule has 15 heavy (non-hydrogen) atoms. The number of rotatable bonds is 5. The molecule has 84 valence electrons. The number of hydrogen-bond donors (Lipinski definition) is 2. The highest BCUT2D eigenvalue weighted by molar-refractivity contribution is 5.97. The number of para-hydroxylation sites is 1. The number of halogens is 1. The Labute approximate surface area is 96.5 Å². The van der Waals surface area contributed by atoms with Gasteiger partial charge in [0.15, 0.2) is 0 Å². The minimum atomic E-state index is 0. The van der Waals surface area contributed by atoms with Crippen molar-refractivity contribution in [3.05, 3.63) is 29.8 Å². The zero-order chi connectivity index (χ0) is 10.4. The summed E-state index contributed by atoms with van der Waals surface area (Å²) in [4.78, 5) is 0. The van der Waals surface area contributed by atoms with E-state index in [9.17, 15) is 0 Å². The van der Waals surface area contributed by atoms with Crippen LogP contribution < -0.4 is 10.5 Å². The van der Waals surface area contributed by atoms with Crippen LogP contribution in [0.25, 0.3) is 0 Å². The Hall–Kier alpha value is -1.22. The van der Waals surface area contributed by atoms with E-state index in [2.05, 4.69) is 6.92 Å². The summed E-state index contributed by atoms with van der Waals surface area (Å²) < 4.78 is 5.52. The minimum absolute atomic E-state index is 0. The maximum Gasteiger partial charge on any atom is 0.130 e. The lowest BCUT2D eigenvalue weighted by Gasteiger charge is -2.09. The highest BCUT2D eigenvalue weighted by Crippen LogP contribution is 2.17. The van der Waals surface area contributed by atoms with Crippen molar-refractivity contribution >= 4 is 18.2 Å². The molecule has 0 atom stereocenters. The summed E-state index contributed by atoms with van der Waals surface area (Å²) in [5.74, 6) is 0.755. The molecule has 0 saturated heterocycles. The molecule has 0 unspecified atom stereocenters. The van der Waals surface area contributed by atoms with Gasteiger partial charge in [-0.3, -0.25) is 5.41 Å². The van der Waals surface area contributed by atoms with E-state index in [-0.39, 0.29) is 18.2 Å². The average Bonchev–Trinajstić information content (AvgIpc) is 2.19.